The summed E-state index contributed by atoms with van der Waals surface area (Å²) >= 11 is 0. The van der Waals surface area contributed by atoms with E-state index in [-0.39, 0.29) is 33.8 Å². The van der Waals surface area contributed by atoms with Gasteiger partial charge in [-0.2, -0.15) is 0 Å². The molecule has 562 valence electrons. The molecule has 0 amide bonds. The van der Waals surface area contributed by atoms with Gasteiger partial charge in [0, 0.05) is 33.9 Å². The fourth-order valence-electron chi connectivity index (χ4n) is 19.9. The van der Waals surface area contributed by atoms with Crippen LogP contribution in [0.2, 0.25) is 0 Å². The van der Waals surface area contributed by atoms with Gasteiger partial charge in [-0.05, 0) is 208 Å². The van der Waals surface area contributed by atoms with Crippen molar-refractivity contribution >= 4 is 57.2 Å². The van der Waals surface area contributed by atoms with Gasteiger partial charge in [-0.1, -0.05) is 407 Å². The van der Waals surface area contributed by atoms with Crippen LogP contribution >= 0.6 is 0 Å². The first kappa shape index (κ1) is 73.2. The highest BCUT2D eigenvalue weighted by Gasteiger charge is 2.51. The Kier molecular flexibility index (Phi) is 17.0. The lowest BCUT2D eigenvalue weighted by atomic mass is 9.33. The summed E-state index contributed by atoms with van der Waals surface area (Å²) in [6.45, 7) is 35.3. The Morgan fingerprint density at radius 2 is 0.487 bits per heavy atom. The van der Waals surface area contributed by atoms with Crippen LogP contribution in [0.25, 0.3) is 66.8 Å². The second-order valence-corrected chi connectivity index (χ2v) is 38.0. The zero-order valence-corrected chi connectivity index (χ0v) is 69.3. The molecule has 0 unspecified atom stereocenters. The monoisotopic (exact) mass is 1480 g/mol. The summed E-state index contributed by atoms with van der Waals surface area (Å²) in [5.41, 5.74) is 40.2. The van der Waals surface area contributed by atoms with Gasteiger partial charge in [-0.25, -0.2) is 0 Å². The van der Waals surface area contributed by atoms with Crippen LogP contribution in [0.4, 0.5) is 34.1 Å². The molecule has 0 saturated carbocycles. The molecule has 0 radical (unpaired) electrons. The fourth-order valence-corrected chi connectivity index (χ4v) is 19.9. The summed E-state index contributed by atoms with van der Waals surface area (Å²) in [5.74, 6) is 0. The number of anilines is 6. The van der Waals surface area contributed by atoms with Gasteiger partial charge in [0.15, 0.2) is 0 Å². The van der Waals surface area contributed by atoms with Crippen LogP contribution in [0.3, 0.4) is 0 Å². The van der Waals surface area contributed by atoms with Crippen molar-refractivity contribution in [2.45, 2.75) is 142 Å². The molecule has 0 atom stereocenters. The zero-order valence-electron chi connectivity index (χ0n) is 69.3. The average Bonchev–Trinajstić information content (AvgIpc) is 1.69. The molecule has 15 aromatic carbocycles. The number of hydrogen-bond donors (Lipinski definition) is 0. The van der Waals surface area contributed by atoms with Crippen LogP contribution in [0, 0.1) is 0 Å². The summed E-state index contributed by atoms with van der Waals surface area (Å²) in [5, 5.41) is 0. The quantitative estimate of drug-likeness (QED) is 0.126. The molecule has 4 aliphatic rings. The predicted octanol–water partition coefficient (Wildman–Crippen LogP) is 27.7. The Morgan fingerprint density at radius 1 is 0.209 bits per heavy atom. The van der Waals surface area contributed by atoms with Crippen molar-refractivity contribution < 1.29 is 0 Å². The van der Waals surface area contributed by atoms with E-state index < -0.39 is 10.8 Å². The van der Waals surface area contributed by atoms with Gasteiger partial charge in [0.2, 0.25) is 0 Å². The Bertz CT molecular complexity index is 5840. The third-order valence-electron chi connectivity index (χ3n) is 25.8. The molecule has 0 aromatic heterocycles. The number of hydrogen-bond acceptors (Lipinski definition) is 2. The molecule has 2 aliphatic carbocycles. The second-order valence-electron chi connectivity index (χ2n) is 38.0. The van der Waals surface area contributed by atoms with Crippen molar-refractivity contribution in [1.29, 1.82) is 0 Å². The van der Waals surface area contributed by atoms with Crippen LogP contribution in [0.5, 0.6) is 0 Å². The largest absolute Gasteiger partial charge is 0.311 e. The molecule has 0 bridgehead atoms. The summed E-state index contributed by atoms with van der Waals surface area (Å²) in [6, 6.07) is 132. The van der Waals surface area contributed by atoms with E-state index >= 15 is 0 Å². The molecule has 0 spiro atoms. The molecule has 0 N–H and O–H groups in total. The summed E-state index contributed by atoms with van der Waals surface area (Å²) in [6.07, 6.45) is 0. The van der Waals surface area contributed by atoms with Crippen molar-refractivity contribution in [3.63, 3.8) is 0 Å². The molecule has 15 aromatic rings. The SMILES string of the molecule is CC(C)(C)c1cc(-c2ccccc2N2c3ccc(-c4cccc5c4-c4ccccc4C5(c4ccccc4)c4ccccc4)cc3B3c4cc(-c5cccc6c5-c5ccccc5C6(c5ccccc5)c5ccccc5)ccc4N(c4ccccc4-c4cc(C(C)(C)C)cc(C(C)(C)C)c4)c4cc(C(C)(C)C)cc2c43)cc(C(C)(C)C)c1. The first-order chi connectivity index (χ1) is 55.2. The number of para-hydroxylation sites is 2. The highest BCUT2D eigenvalue weighted by atomic mass is 15.2. The first-order valence-electron chi connectivity index (χ1n) is 41.5. The molecule has 2 heterocycles. The summed E-state index contributed by atoms with van der Waals surface area (Å²) in [4.78, 5) is 5.41. The van der Waals surface area contributed by atoms with Crippen molar-refractivity contribution in [3.05, 3.63) is 412 Å². The molecular weight excluding hydrogens is 1380 g/mol. The smallest absolute Gasteiger partial charge is 0.252 e. The van der Waals surface area contributed by atoms with Crippen molar-refractivity contribution in [2.24, 2.45) is 0 Å². The third-order valence-corrected chi connectivity index (χ3v) is 25.8. The lowest BCUT2D eigenvalue weighted by Gasteiger charge is -2.46. The second kappa shape index (κ2) is 26.8. The van der Waals surface area contributed by atoms with Gasteiger partial charge in [0.05, 0.1) is 22.2 Å². The number of fused-ring (bicyclic) bond motifs is 10. The van der Waals surface area contributed by atoms with Crippen LogP contribution in [-0.4, -0.2) is 6.71 Å². The predicted molar refractivity (Wildman–Crippen MR) is 490 cm³/mol. The zero-order chi connectivity index (χ0) is 79.5. The van der Waals surface area contributed by atoms with Gasteiger partial charge in [-0.15, -0.1) is 0 Å². The van der Waals surface area contributed by atoms with E-state index in [0.29, 0.717) is 0 Å². The number of rotatable bonds is 10. The number of nitrogens with zero attached hydrogens (tertiary/aromatic N) is 2. The van der Waals surface area contributed by atoms with Gasteiger partial charge in [0.1, 0.15) is 0 Å². The molecule has 2 nitrogen and oxygen atoms in total. The maximum absolute atomic E-state index is 2.70. The lowest BCUT2D eigenvalue weighted by Crippen LogP contribution is -2.61. The van der Waals surface area contributed by atoms with E-state index in [2.05, 4.69) is 453 Å². The summed E-state index contributed by atoms with van der Waals surface area (Å²) in [7, 11) is 0. The average molecular weight is 1490 g/mol. The topological polar surface area (TPSA) is 6.48 Å². The molecule has 0 saturated heterocycles. The van der Waals surface area contributed by atoms with E-state index in [4.69, 9.17) is 0 Å². The fraction of sp³-hybridized carbons (Fsp3) is 0.196. The Balaban J connectivity index is 0.945. The van der Waals surface area contributed by atoms with Crippen LogP contribution in [0.15, 0.2) is 340 Å². The minimum Gasteiger partial charge on any atom is -0.311 e. The van der Waals surface area contributed by atoms with Gasteiger partial charge in [0.25, 0.3) is 6.71 Å². The van der Waals surface area contributed by atoms with Gasteiger partial charge < -0.3 is 9.80 Å². The van der Waals surface area contributed by atoms with Crippen LogP contribution in [0.1, 0.15) is 176 Å². The van der Waals surface area contributed by atoms with E-state index in [1.165, 1.54) is 167 Å². The minimum absolute atomic E-state index is 0.114. The number of benzene rings is 15. The Morgan fingerprint density at radius 3 is 0.817 bits per heavy atom. The van der Waals surface area contributed by atoms with E-state index in [1.54, 1.807) is 0 Å². The van der Waals surface area contributed by atoms with Crippen molar-refractivity contribution in [1.82, 2.24) is 0 Å². The maximum Gasteiger partial charge on any atom is 0.252 e. The highest BCUT2D eigenvalue weighted by molar-refractivity contribution is 7.00. The minimum atomic E-state index is -0.588. The Hall–Kier alpha value is -12.0. The molecule has 2 aliphatic heterocycles. The van der Waals surface area contributed by atoms with Crippen LogP contribution in [-0.2, 0) is 37.9 Å². The lowest BCUT2D eigenvalue weighted by molar-refractivity contribution is 0.568. The molecule has 3 heteroatoms. The molecule has 0 fully saturated rings. The van der Waals surface area contributed by atoms with Crippen molar-refractivity contribution in [2.75, 3.05) is 9.80 Å². The maximum atomic E-state index is 2.70. The molecule has 115 heavy (non-hydrogen) atoms. The molecule has 19 rings (SSSR count). The van der Waals surface area contributed by atoms with E-state index in [0.717, 1.165) is 22.7 Å². The standard InChI is InChI=1S/C112H101BN2/c1-106(2,3)80-62-74(63-81(68-80)107(4,5)6)85-46-30-34-56-97(85)114-99-60-58-72(87-50-36-54-93-103(87)89-48-28-32-52-91(89)111(93,76-38-20-16-21-39-76)77-40-22-17-23-41-77)66-95(99)113-96-67-73(88-51-37-55-94-104(88)90-49-29-33-53-92(90)112(94,78-42-24-18-25-43-78)79-44-26-19-27-45-79)59-61-100(96)115(102-71-84(110(13,14)15)70-101(114)105(102)113)98-57-35-31-47-86(98)75-64-82(108(7,8)9)69-83(65-75)109(10,11)12/h16-71H,1-15H3. The van der Waals surface area contributed by atoms with Gasteiger partial charge in [-0.3, -0.25) is 0 Å². The van der Waals surface area contributed by atoms with E-state index in [1.807, 2.05) is 0 Å². The first-order valence-corrected chi connectivity index (χ1v) is 41.5. The van der Waals surface area contributed by atoms with E-state index in [9.17, 15) is 0 Å². The van der Waals surface area contributed by atoms with Crippen molar-refractivity contribution in [3.8, 4) is 66.8 Å². The third kappa shape index (κ3) is 11.6. The normalized spacial score (nSPS) is 14.3. The highest BCUT2D eigenvalue weighted by Crippen LogP contribution is 2.62. The van der Waals surface area contributed by atoms with Gasteiger partial charge >= 0.3 is 0 Å². The van der Waals surface area contributed by atoms with Crippen LogP contribution < -0.4 is 26.2 Å². The Labute approximate surface area is 683 Å². The molecular formula is C112H101BN2. The summed E-state index contributed by atoms with van der Waals surface area (Å²) < 4.78 is 0.